The van der Waals surface area contributed by atoms with E-state index in [1.165, 1.54) is 31.2 Å². The number of carboxylic acids is 2. The lowest BCUT2D eigenvalue weighted by Gasteiger charge is -2.18. The van der Waals surface area contributed by atoms with Gasteiger partial charge in [-0.25, -0.2) is 4.79 Å². The number of amides is 4. The van der Waals surface area contributed by atoms with E-state index in [4.69, 9.17) is 10.8 Å². The zero-order valence-electron chi connectivity index (χ0n) is 30.4. The van der Waals surface area contributed by atoms with Gasteiger partial charge in [-0.15, -0.1) is 0 Å². The van der Waals surface area contributed by atoms with E-state index in [1.54, 1.807) is 0 Å². The Balaban J connectivity index is 3.80. The second kappa shape index (κ2) is 31.4. The molecule has 7 N–H and O–H groups in total. The summed E-state index contributed by atoms with van der Waals surface area (Å²) in [5, 5.41) is 26.3. The molecule has 2 atom stereocenters. The average molecular weight is 712 g/mol. The van der Waals surface area contributed by atoms with Crippen molar-refractivity contribution < 1.29 is 43.8 Å². The number of carbonyl (C=O) groups is 7. The number of hydrogen-bond donors (Lipinski definition) is 6. The fraction of sp³-hybridized carbons (Fsp3) is 0.806. The molecule has 0 aliphatic heterocycles. The first kappa shape index (κ1) is 46.5. The van der Waals surface area contributed by atoms with Gasteiger partial charge >= 0.3 is 11.9 Å². The van der Waals surface area contributed by atoms with Crippen molar-refractivity contribution in [2.45, 2.75) is 160 Å². The molecule has 0 saturated heterocycles. The number of rotatable bonds is 34. The molecule has 4 amide bonds. The van der Waals surface area contributed by atoms with Crippen molar-refractivity contribution in [1.29, 1.82) is 0 Å². The molecule has 0 saturated carbocycles. The second-order valence-corrected chi connectivity index (χ2v) is 13.1. The zero-order valence-corrected chi connectivity index (χ0v) is 30.4. The molecule has 0 rings (SSSR count). The SMILES string of the molecule is CN(CC=O)C(=O)C(N)CCCCNC(=O)CCCCCNC(=O)CCC(NC(=O)CCCCCCCCCCCCCCC(=O)O)C(=O)O. The zero-order chi connectivity index (χ0) is 37.4. The number of aldehydes is 1. The first-order valence-corrected chi connectivity index (χ1v) is 18.7. The summed E-state index contributed by atoms with van der Waals surface area (Å²) in [4.78, 5) is 82.4. The Kier molecular flexibility index (Phi) is 29.2. The molecule has 0 heterocycles. The maximum atomic E-state index is 12.3. The van der Waals surface area contributed by atoms with Crippen molar-refractivity contribution in [2.75, 3.05) is 26.7 Å². The lowest BCUT2D eigenvalue weighted by atomic mass is 10.0. The van der Waals surface area contributed by atoms with Gasteiger partial charge in [-0.05, 0) is 51.4 Å². The molecule has 14 heteroatoms. The van der Waals surface area contributed by atoms with Crippen LogP contribution in [-0.2, 0) is 33.6 Å². The molecule has 0 aromatic rings. The molecular weight excluding hydrogens is 646 g/mol. The van der Waals surface area contributed by atoms with Crippen LogP contribution in [0.1, 0.15) is 148 Å². The number of unbranched alkanes of at least 4 members (excludes halogenated alkanes) is 14. The number of nitrogens with one attached hydrogen (secondary N) is 3. The van der Waals surface area contributed by atoms with E-state index in [2.05, 4.69) is 16.0 Å². The van der Waals surface area contributed by atoms with Crippen molar-refractivity contribution in [3.05, 3.63) is 0 Å². The average Bonchev–Trinajstić information content (AvgIpc) is 3.07. The standard InChI is InChI=1S/C36H65N5O9/c1-41(27-28-42)35(48)29(37)19-16-18-26-38-31(43)20-14-12-17-25-39-32(44)24-23-30(36(49)50)40-33(45)21-13-10-8-6-4-2-3-5-7-9-11-15-22-34(46)47/h28-30H,2-27,37H2,1H3,(H,38,43)(H,39,44)(H,40,45)(H,46,47)(H,49,50). The van der Waals surface area contributed by atoms with Crippen LogP contribution in [0, 0.1) is 0 Å². The Morgan fingerprint density at radius 3 is 1.54 bits per heavy atom. The lowest BCUT2D eigenvalue weighted by molar-refractivity contribution is -0.142. The summed E-state index contributed by atoms with van der Waals surface area (Å²) in [6, 6.07) is -1.78. The van der Waals surface area contributed by atoms with Crippen LogP contribution in [0.25, 0.3) is 0 Å². The first-order valence-electron chi connectivity index (χ1n) is 18.7. The summed E-state index contributed by atoms with van der Waals surface area (Å²) in [6.07, 6.45) is 17.9. The Morgan fingerprint density at radius 2 is 1.04 bits per heavy atom. The minimum atomic E-state index is -1.16. The first-order chi connectivity index (χ1) is 24.0. The highest BCUT2D eigenvalue weighted by molar-refractivity contribution is 5.84. The van der Waals surface area contributed by atoms with E-state index < -0.39 is 24.0 Å². The maximum Gasteiger partial charge on any atom is 0.326 e. The molecule has 0 aliphatic carbocycles. The number of likely N-dealkylation sites (N-methyl/N-ethyl adjacent to an activating group) is 1. The minimum absolute atomic E-state index is 0.00880. The minimum Gasteiger partial charge on any atom is -0.481 e. The van der Waals surface area contributed by atoms with Gasteiger partial charge in [0.1, 0.15) is 12.3 Å². The molecule has 0 aliphatic rings. The smallest absolute Gasteiger partial charge is 0.326 e. The summed E-state index contributed by atoms with van der Waals surface area (Å²) in [5.74, 6) is -2.83. The number of hydrogen-bond acceptors (Lipinski definition) is 8. The third-order valence-corrected chi connectivity index (χ3v) is 8.55. The van der Waals surface area contributed by atoms with Crippen molar-refractivity contribution in [2.24, 2.45) is 5.73 Å². The van der Waals surface area contributed by atoms with E-state index in [0.29, 0.717) is 64.3 Å². The van der Waals surface area contributed by atoms with Gasteiger partial charge in [0.25, 0.3) is 0 Å². The summed E-state index contributed by atoms with van der Waals surface area (Å²) in [6.45, 7) is 0.915. The summed E-state index contributed by atoms with van der Waals surface area (Å²) in [7, 11) is 1.53. The van der Waals surface area contributed by atoms with Crippen LogP contribution < -0.4 is 21.7 Å². The van der Waals surface area contributed by atoms with Crippen LogP contribution in [0.3, 0.4) is 0 Å². The van der Waals surface area contributed by atoms with Gasteiger partial charge in [0.15, 0.2) is 0 Å². The Hall–Kier alpha value is -3.55. The number of nitrogens with zero attached hydrogens (tertiary/aromatic N) is 1. The molecule has 288 valence electrons. The second-order valence-electron chi connectivity index (χ2n) is 13.1. The largest absolute Gasteiger partial charge is 0.481 e. The lowest BCUT2D eigenvalue weighted by Crippen LogP contribution is -2.42. The van der Waals surface area contributed by atoms with Crippen molar-refractivity contribution >= 4 is 41.9 Å². The fourth-order valence-electron chi connectivity index (χ4n) is 5.45. The molecule has 14 nitrogen and oxygen atoms in total. The van der Waals surface area contributed by atoms with E-state index in [0.717, 1.165) is 57.8 Å². The third kappa shape index (κ3) is 28.3. The Morgan fingerprint density at radius 1 is 0.600 bits per heavy atom. The normalized spacial score (nSPS) is 12.0. The van der Waals surface area contributed by atoms with Crippen LogP contribution >= 0.6 is 0 Å². The molecule has 0 spiro atoms. The molecule has 0 aromatic carbocycles. The van der Waals surface area contributed by atoms with Gasteiger partial charge in [-0.2, -0.15) is 0 Å². The Bertz CT molecular complexity index is 995. The van der Waals surface area contributed by atoms with Crippen molar-refractivity contribution in [3.63, 3.8) is 0 Å². The van der Waals surface area contributed by atoms with Gasteiger partial charge in [-0.1, -0.05) is 70.6 Å². The number of aliphatic carboxylic acids is 2. The van der Waals surface area contributed by atoms with Crippen LogP contribution in [-0.4, -0.2) is 95.7 Å². The van der Waals surface area contributed by atoms with Crippen LogP contribution in [0.2, 0.25) is 0 Å². The van der Waals surface area contributed by atoms with Gasteiger partial charge in [0, 0.05) is 45.8 Å². The van der Waals surface area contributed by atoms with Gasteiger partial charge < -0.3 is 41.6 Å². The van der Waals surface area contributed by atoms with E-state index in [-0.39, 0.29) is 55.9 Å². The molecule has 50 heavy (non-hydrogen) atoms. The summed E-state index contributed by atoms with van der Waals surface area (Å²) < 4.78 is 0. The highest BCUT2D eigenvalue weighted by atomic mass is 16.4. The van der Waals surface area contributed by atoms with E-state index >= 15 is 0 Å². The van der Waals surface area contributed by atoms with Crippen LogP contribution in [0.15, 0.2) is 0 Å². The molecule has 0 fully saturated rings. The van der Waals surface area contributed by atoms with Crippen LogP contribution in [0.5, 0.6) is 0 Å². The van der Waals surface area contributed by atoms with E-state index in [1.807, 2.05) is 0 Å². The topological polar surface area (TPSA) is 225 Å². The molecule has 0 radical (unpaired) electrons. The van der Waals surface area contributed by atoms with Crippen molar-refractivity contribution in [3.8, 4) is 0 Å². The highest BCUT2D eigenvalue weighted by Crippen LogP contribution is 2.13. The molecular formula is C36H65N5O9. The fourth-order valence-corrected chi connectivity index (χ4v) is 5.45. The summed E-state index contributed by atoms with van der Waals surface area (Å²) in [5.41, 5.74) is 5.86. The van der Waals surface area contributed by atoms with Crippen LogP contribution in [0.4, 0.5) is 0 Å². The predicted molar refractivity (Wildman–Crippen MR) is 191 cm³/mol. The number of nitrogens with two attached hydrogens (primary N) is 1. The maximum absolute atomic E-state index is 12.3. The van der Waals surface area contributed by atoms with Gasteiger partial charge in [0.2, 0.25) is 23.6 Å². The van der Waals surface area contributed by atoms with Gasteiger partial charge in [0.05, 0.1) is 12.6 Å². The molecule has 0 aromatic heterocycles. The monoisotopic (exact) mass is 711 g/mol. The Labute approximate surface area is 298 Å². The van der Waals surface area contributed by atoms with E-state index in [9.17, 15) is 38.7 Å². The molecule has 2 unspecified atom stereocenters. The predicted octanol–water partition coefficient (Wildman–Crippen LogP) is 3.83. The van der Waals surface area contributed by atoms with Gasteiger partial charge in [-0.3, -0.25) is 24.0 Å². The van der Waals surface area contributed by atoms with Crippen molar-refractivity contribution in [1.82, 2.24) is 20.9 Å². The third-order valence-electron chi connectivity index (χ3n) is 8.55. The quantitative estimate of drug-likeness (QED) is 0.0418. The molecule has 0 bridgehead atoms. The number of carboxylic acid groups (broad SMARTS) is 2. The highest BCUT2D eigenvalue weighted by Gasteiger charge is 2.21. The number of carbonyl (C=O) groups excluding carboxylic acids is 5. The summed E-state index contributed by atoms with van der Waals surface area (Å²) >= 11 is 0.